The Morgan fingerprint density at radius 1 is 1.28 bits per heavy atom. The lowest BCUT2D eigenvalue weighted by molar-refractivity contribution is -0.112. The zero-order valence-corrected chi connectivity index (χ0v) is 18.6. The molecule has 2 aromatic carbocycles. The van der Waals surface area contributed by atoms with Crippen LogP contribution in [0.4, 0.5) is 5.69 Å². The van der Waals surface area contributed by atoms with E-state index in [0.29, 0.717) is 50.5 Å². The fourth-order valence-electron chi connectivity index (χ4n) is 2.30. The van der Waals surface area contributed by atoms with Crippen LogP contribution in [0.25, 0.3) is 6.08 Å². The highest BCUT2D eigenvalue weighted by atomic mass is 79.9. The van der Waals surface area contributed by atoms with Gasteiger partial charge in [-0.3, -0.25) is 4.79 Å². The summed E-state index contributed by atoms with van der Waals surface area (Å²) in [6.45, 7) is 6.21. The van der Waals surface area contributed by atoms with Gasteiger partial charge >= 0.3 is 0 Å². The summed E-state index contributed by atoms with van der Waals surface area (Å²) in [5.74, 6) is 0.423. The van der Waals surface area contributed by atoms with Crippen LogP contribution >= 0.6 is 39.1 Å². The molecule has 0 saturated carbocycles. The second-order valence-electron chi connectivity index (χ2n) is 5.62. The molecule has 1 N–H and O–H groups in total. The van der Waals surface area contributed by atoms with E-state index in [0.717, 1.165) is 0 Å². The Morgan fingerprint density at radius 3 is 2.66 bits per heavy atom. The highest BCUT2D eigenvalue weighted by Crippen LogP contribution is 2.37. The predicted molar refractivity (Wildman–Crippen MR) is 120 cm³/mol. The number of hydrogen-bond donors (Lipinski definition) is 1. The first-order valence-corrected chi connectivity index (χ1v) is 10.0. The molecule has 0 spiro atoms. The Morgan fingerprint density at radius 2 is 2.03 bits per heavy atom. The first-order valence-electron chi connectivity index (χ1n) is 8.47. The zero-order chi connectivity index (χ0) is 21.4. The van der Waals surface area contributed by atoms with Crippen LogP contribution in [0.5, 0.6) is 11.5 Å². The molecule has 0 aliphatic heterocycles. The van der Waals surface area contributed by atoms with Crippen LogP contribution in [-0.4, -0.2) is 19.1 Å². The van der Waals surface area contributed by atoms with Crippen molar-refractivity contribution in [3.05, 3.63) is 68.6 Å². The van der Waals surface area contributed by atoms with Crippen LogP contribution in [0.3, 0.4) is 0 Å². The van der Waals surface area contributed by atoms with Crippen LogP contribution in [0, 0.1) is 11.3 Å². The third kappa shape index (κ3) is 6.26. The minimum atomic E-state index is -0.577. The molecule has 2 aromatic rings. The largest absolute Gasteiger partial charge is 0.490 e. The maximum absolute atomic E-state index is 12.5. The monoisotopic (exact) mass is 494 g/mol. The maximum atomic E-state index is 12.5. The quantitative estimate of drug-likeness (QED) is 0.266. The molecule has 0 atom stereocenters. The molecule has 5 nitrogen and oxygen atoms in total. The second kappa shape index (κ2) is 10.9. The third-order valence-corrected chi connectivity index (χ3v) is 4.86. The summed E-state index contributed by atoms with van der Waals surface area (Å²) >= 11 is 15.3. The summed E-state index contributed by atoms with van der Waals surface area (Å²) in [5.41, 5.74) is 0.923. The number of anilines is 1. The normalized spacial score (nSPS) is 10.8. The van der Waals surface area contributed by atoms with Gasteiger partial charge in [0.25, 0.3) is 5.91 Å². The molecule has 2 rings (SSSR count). The summed E-state index contributed by atoms with van der Waals surface area (Å²) in [5, 5.41) is 12.7. The smallest absolute Gasteiger partial charge is 0.266 e. The van der Waals surface area contributed by atoms with E-state index < -0.39 is 5.91 Å². The van der Waals surface area contributed by atoms with Crippen molar-refractivity contribution in [1.82, 2.24) is 0 Å². The number of nitrogens with one attached hydrogen (secondary N) is 1. The van der Waals surface area contributed by atoms with Crippen LogP contribution in [0.1, 0.15) is 12.5 Å². The highest BCUT2D eigenvalue weighted by molar-refractivity contribution is 9.10. The lowest BCUT2D eigenvalue weighted by atomic mass is 10.1. The summed E-state index contributed by atoms with van der Waals surface area (Å²) in [7, 11) is 0. The number of hydrogen-bond acceptors (Lipinski definition) is 4. The summed E-state index contributed by atoms with van der Waals surface area (Å²) in [6, 6.07) is 9.98. The second-order valence-corrected chi connectivity index (χ2v) is 7.28. The molecule has 0 aromatic heterocycles. The van der Waals surface area contributed by atoms with E-state index in [-0.39, 0.29) is 5.57 Å². The number of nitriles is 1. The van der Waals surface area contributed by atoms with Gasteiger partial charge in [-0.05, 0) is 64.8 Å². The van der Waals surface area contributed by atoms with E-state index in [9.17, 15) is 10.1 Å². The van der Waals surface area contributed by atoms with Crippen LogP contribution in [0.15, 0.2) is 53.0 Å². The molecule has 0 bridgehead atoms. The van der Waals surface area contributed by atoms with Crippen molar-refractivity contribution >= 4 is 56.8 Å². The first kappa shape index (κ1) is 22.8. The molecule has 0 radical (unpaired) electrons. The van der Waals surface area contributed by atoms with Gasteiger partial charge in [-0.25, -0.2) is 0 Å². The molecular weight excluding hydrogens is 479 g/mol. The molecule has 0 fully saturated rings. The van der Waals surface area contributed by atoms with Gasteiger partial charge in [0.15, 0.2) is 11.5 Å². The van der Waals surface area contributed by atoms with E-state index in [4.69, 9.17) is 32.7 Å². The fraction of sp³-hybridized carbons (Fsp3) is 0.143. The highest BCUT2D eigenvalue weighted by Gasteiger charge is 2.14. The first-order chi connectivity index (χ1) is 13.9. The molecular formula is C21H17BrCl2N2O3. The standard InChI is InChI=1S/C21H17BrCl2N2O3/c1-3-7-29-20-16(22)9-13(10-19(20)28-4-2)8-14(12-25)21(27)26-15-5-6-17(23)18(24)11-15/h3,5-6,8-11H,1,4,7H2,2H3,(H,26,27)/b14-8+. The Balaban J connectivity index is 2.33. The van der Waals surface area contributed by atoms with E-state index in [2.05, 4.69) is 27.8 Å². The summed E-state index contributed by atoms with van der Waals surface area (Å²) < 4.78 is 11.9. The molecule has 0 heterocycles. The Bertz CT molecular complexity index is 1000. The Hall–Kier alpha value is -2.46. The van der Waals surface area contributed by atoms with Crippen molar-refractivity contribution in [1.29, 1.82) is 5.26 Å². The Labute approximate surface area is 187 Å². The summed E-state index contributed by atoms with van der Waals surface area (Å²) in [6.07, 6.45) is 3.08. The van der Waals surface area contributed by atoms with E-state index in [1.807, 2.05) is 13.0 Å². The number of halogens is 3. The minimum Gasteiger partial charge on any atom is -0.490 e. The van der Waals surface area contributed by atoms with Crippen molar-refractivity contribution in [2.45, 2.75) is 6.92 Å². The molecule has 29 heavy (non-hydrogen) atoms. The van der Waals surface area contributed by atoms with Crippen LogP contribution in [-0.2, 0) is 4.79 Å². The van der Waals surface area contributed by atoms with Crippen molar-refractivity contribution in [3.63, 3.8) is 0 Å². The average molecular weight is 496 g/mol. The zero-order valence-electron chi connectivity index (χ0n) is 15.5. The van der Waals surface area contributed by atoms with Gasteiger partial charge in [0.05, 0.1) is 21.1 Å². The van der Waals surface area contributed by atoms with Crippen molar-refractivity contribution < 1.29 is 14.3 Å². The number of ether oxygens (including phenoxy) is 2. The van der Waals surface area contributed by atoms with Crippen molar-refractivity contribution in [3.8, 4) is 17.6 Å². The minimum absolute atomic E-state index is 0.0924. The molecule has 0 aliphatic carbocycles. The SMILES string of the molecule is C=CCOc1c(Br)cc(/C=C(\C#N)C(=O)Nc2ccc(Cl)c(Cl)c2)cc1OCC. The van der Waals surface area contributed by atoms with Crippen LogP contribution in [0.2, 0.25) is 10.0 Å². The topological polar surface area (TPSA) is 71.3 Å². The van der Waals surface area contributed by atoms with Crippen molar-refractivity contribution in [2.24, 2.45) is 0 Å². The number of nitrogens with zero attached hydrogens (tertiary/aromatic N) is 1. The van der Waals surface area contributed by atoms with Gasteiger partial charge in [0, 0.05) is 5.69 Å². The summed E-state index contributed by atoms with van der Waals surface area (Å²) in [4.78, 5) is 12.5. The van der Waals surface area contributed by atoms with Gasteiger partial charge in [-0.2, -0.15) is 5.26 Å². The van der Waals surface area contributed by atoms with E-state index in [1.165, 1.54) is 12.1 Å². The van der Waals surface area contributed by atoms with Gasteiger partial charge in [0.2, 0.25) is 0 Å². The Kier molecular flexibility index (Phi) is 8.59. The van der Waals surface area contributed by atoms with Crippen molar-refractivity contribution in [2.75, 3.05) is 18.5 Å². The van der Waals surface area contributed by atoms with Gasteiger partial charge in [-0.1, -0.05) is 35.9 Å². The number of amides is 1. The molecule has 0 saturated heterocycles. The van der Waals surface area contributed by atoms with E-state index >= 15 is 0 Å². The third-order valence-electron chi connectivity index (χ3n) is 3.53. The molecule has 0 unspecified atom stereocenters. The number of carbonyl (C=O) groups excluding carboxylic acids is 1. The van der Waals surface area contributed by atoms with Gasteiger partial charge in [0.1, 0.15) is 18.2 Å². The van der Waals surface area contributed by atoms with Gasteiger partial charge in [-0.15, -0.1) is 0 Å². The number of benzene rings is 2. The van der Waals surface area contributed by atoms with Gasteiger partial charge < -0.3 is 14.8 Å². The fourth-order valence-corrected chi connectivity index (χ4v) is 3.18. The molecule has 150 valence electrons. The lowest BCUT2D eigenvalue weighted by Gasteiger charge is -2.14. The number of carbonyl (C=O) groups is 1. The molecule has 1 amide bonds. The van der Waals surface area contributed by atoms with Crippen LogP contribution < -0.4 is 14.8 Å². The van der Waals surface area contributed by atoms with E-state index in [1.54, 1.807) is 30.3 Å². The lowest BCUT2D eigenvalue weighted by Crippen LogP contribution is -2.13. The molecule has 0 aliphatic rings. The maximum Gasteiger partial charge on any atom is 0.266 e. The number of rotatable bonds is 8. The molecule has 8 heteroatoms. The average Bonchev–Trinajstić information content (AvgIpc) is 2.68. The predicted octanol–water partition coefficient (Wildman–Crippen LogP) is 6.27.